The summed E-state index contributed by atoms with van der Waals surface area (Å²) < 4.78 is 36.4. The van der Waals surface area contributed by atoms with Crippen LogP contribution in [0.1, 0.15) is 87.7 Å². The van der Waals surface area contributed by atoms with Crippen LogP contribution in [0.4, 0.5) is 22.7 Å². The van der Waals surface area contributed by atoms with Crippen molar-refractivity contribution in [3.05, 3.63) is 296 Å². The first kappa shape index (κ1) is 55.5. The van der Waals surface area contributed by atoms with Crippen molar-refractivity contribution in [1.29, 1.82) is 0 Å². The minimum Gasteiger partial charge on any atom is -0.509 e. The van der Waals surface area contributed by atoms with E-state index in [1.54, 1.807) is 12.3 Å². The standard InChI is InChI=1S/C85H71N4O.Pt/c1-56-46-79(86-54-73(56)69-37-24-38-74-81(69)85(7,8)45-44-84(74,5)6)89-77-41-25-36-68(59-30-17-11-18-31-59)80(77)70-43-42-67(53-78(70)89)90-66-35-23-34-65(52-66)87-55-88(76-40-22-21-39-75(76)87)82-71(60-32-19-12-20-33-60)50-64(83(2,3)4)51-72(82)63-48-61(57-26-13-9-14-27-57)47-62(49-63)58-28-15-10-16-29-58;/h9-43,46-51,54-55H,44-45H2,1-8H3;/q-3;/i1D3;. The van der Waals surface area contributed by atoms with Gasteiger partial charge >= 0.3 is 0 Å². The largest absolute Gasteiger partial charge is 0.509 e. The summed E-state index contributed by atoms with van der Waals surface area (Å²) >= 11 is 0. The van der Waals surface area contributed by atoms with Crippen molar-refractivity contribution in [2.45, 2.75) is 84.4 Å². The summed E-state index contributed by atoms with van der Waals surface area (Å²) in [6.07, 6.45) is 3.82. The van der Waals surface area contributed by atoms with Crippen LogP contribution in [0.5, 0.6) is 11.5 Å². The predicted molar refractivity (Wildman–Crippen MR) is 376 cm³/mol. The van der Waals surface area contributed by atoms with Gasteiger partial charge in [-0.2, -0.15) is 12.1 Å². The third kappa shape index (κ3) is 10.8. The smallest absolute Gasteiger partial charge is 0.135 e. The van der Waals surface area contributed by atoms with Crippen LogP contribution >= 0.6 is 0 Å². The van der Waals surface area contributed by atoms with Crippen molar-refractivity contribution < 1.29 is 29.9 Å². The van der Waals surface area contributed by atoms with Crippen LogP contribution in [0.15, 0.2) is 255 Å². The van der Waals surface area contributed by atoms with E-state index in [2.05, 4.69) is 295 Å². The van der Waals surface area contributed by atoms with E-state index in [1.807, 2.05) is 28.8 Å². The van der Waals surface area contributed by atoms with E-state index in [-0.39, 0.29) is 42.9 Å². The number of aryl methyl sites for hydroxylation is 1. The molecular formula is C85H71N4OPt-3. The second kappa shape index (κ2) is 23.4. The van der Waals surface area contributed by atoms with Gasteiger partial charge in [0.05, 0.1) is 0 Å². The number of rotatable bonds is 11. The quantitative estimate of drug-likeness (QED) is 0.121. The third-order valence-electron chi connectivity index (χ3n) is 18.6. The zero-order chi connectivity index (χ0) is 64.0. The maximum Gasteiger partial charge on any atom is 0.135 e. The van der Waals surface area contributed by atoms with Crippen LogP contribution in [-0.2, 0) is 37.3 Å². The number of para-hydroxylation sites is 2. The van der Waals surface area contributed by atoms with E-state index in [4.69, 9.17) is 13.8 Å². The number of hydrogen-bond donors (Lipinski definition) is 0. The summed E-state index contributed by atoms with van der Waals surface area (Å²) in [6.45, 7) is 15.8. The van der Waals surface area contributed by atoms with Crippen LogP contribution in [0.3, 0.4) is 0 Å². The topological polar surface area (TPSA) is 33.5 Å². The number of anilines is 4. The van der Waals surface area contributed by atoms with Crippen molar-refractivity contribution in [1.82, 2.24) is 9.55 Å². The minimum absolute atomic E-state index is 0. The van der Waals surface area contributed by atoms with E-state index in [9.17, 15) is 0 Å². The molecule has 0 fully saturated rings. The molecule has 1 aliphatic carbocycles. The minimum atomic E-state index is -2.47. The second-order valence-corrected chi connectivity index (χ2v) is 26.5. The Kier molecular flexibility index (Phi) is 14.3. The summed E-state index contributed by atoms with van der Waals surface area (Å²) in [7, 11) is 0. The molecule has 0 amide bonds. The van der Waals surface area contributed by atoms with E-state index in [0.29, 0.717) is 28.4 Å². The first-order valence-corrected chi connectivity index (χ1v) is 31.3. The van der Waals surface area contributed by atoms with Crippen LogP contribution < -0.4 is 14.5 Å². The Bertz CT molecular complexity index is 4960. The van der Waals surface area contributed by atoms with Gasteiger partial charge in [-0.3, -0.25) is 0 Å². The van der Waals surface area contributed by atoms with Gasteiger partial charge < -0.3 is 19.1 Å². The summed E-state index contributed by atoms with van der Waals surface area (Å²) in [4.78, 5) is 9.81. The van der Waals surface area contributed by atoms with Crippen molar-refractivity contribution in [2.75, 3.05) is 9.80 Å². The molecule has 0 unspecified atom stereocenters. The molecule has 15 rings (SSSR count). The average Bonchev–Trinajstić information content (AvgIpc) is 1.42. The predicted octanol–water partition coefficient (Wildman–Crippen LogP) is 22.9. The Morgan fingerprint density at radius 3 is 1.69 bits per heavy atom. The van der Waals surface area contributed by atoms with Crippen LogP contribution in [0.2, 0.25) is 0 Å². The molecule has 91 heavy (non-hydrogen) atoms. The molecule has 0 atom stereocenters. The van der Waals surface area contributed by atoms with E-state index < -0.39 is 6.85 Å². The molecule has 0 spiro atoms. The third-order valence-corrected chi connectivity index (χ3v) is 18.6. The van der Waals surface area contributed by atoms with Gasteiger partial charge in [0.25, 0.3) is 0 Å². The van der Waals surface area contributed by atoms with Gasteiger partial charge in [-0.05, 0) is 168 Å². The molecule has 13 aromatic rings. The van der Waals surface area contributed by atoms with Gasteiger partial charge in [-0.25, -0.2) is 4.98 Å². The number of nitrogens with zero attached hydrogens (tertiary/aromatic N) is 4. The average molecular weight is 1360 g/mol. The zero-order valence-corrected chi connectivity index (χ0v) is 54.5. The maximum absolute atomic E-state index is 9.15. The van der Waals surface area contributed by atoms with Crippen LogP contribution in [0, 0.1) is 25.7 Å². The first-order chi connectivity index (χ1) is 44.9. The molecule has 2 aromatic heterocycles. The van der Waals surface area contributed by atoms with Crippen molar-refractivity contribution >= 4 is 44.6 Å². The fourth-order valence-corrected chi connectivity index (χ4v) is 13.9. The Hall–Kier alpha value is -9.54. The van der Waals surface area contributed by atoms with Crippen LogP contribution in [0.25, 0.3) is 94.4 Å². The van der Waals surface area contributed by atoms with Crippen molar-refractivity contribution in [3.8, 4) is 84.1 Å². The normalized spacial score (nSPS) is 14.7. The van der Waals surface area contributed by atoms with Gasteiger partial charge in [0.15, 0.2) is 0 Å². The van der Waals surface area contributed by atoms with E-state index >= 15 is 0 Å². The van der Waals surface area contributed by atoms with Gasteiger partial charge in [-0.15, -0.1) is 48.1 Å². The number of benzene rings is 11. The number of hydrogen-bond acceptors (Lipinski definition) is 4. The molecule has 450 valence electrons. The van der Waals surface area contributed by atoms with Crippen molar-refractivity contribution in [2.24, 2.45) is 0 Å². The van der Waals surface area contributed by atoms with Crippen LogP contribution in [-0.4, -0.2) is 9.55 Å². The fraction of sp³-hybridized carbons (Fsp3) is 0.153. The Balaban J connectivity index is 0.00000763. The molecule has 0 radical (unpaired) electrons. The number of aromatic nitrogens is 2. The van der Waals surface area contributed by atoms with Gasteiger partial charge in [-0.1, -0.05) is 218 Å². The van der Waals surface area contributed by atoms with Gasteiger partial charge in [0, 0.05) is 82.1 Å². The van der Waals surface area contributed by atoms with E-state index in [0.717, 1.165) is 113 Å². The molecule has 0 bridgehead atoms. The van der Waals surface area contributed by atoms with Crippen molar-refractivity contribution in [3.63, 3.8) is 0 Å². The van der Waals surface area contributed by atoms with Gasteiger partial charge in [0.1, 0.15) is 5.82 Å². The summed E-state index contributed by atoms with van der Waals surface area (Å²) in [6, 6.07) is 94.8. The zero-order valence-electron chi connectivity index (χ0n) is 55.3. The van der Waals surface area contributed by atoms with E-state index in [1.165, 1.54) is 16.7 Å². The summed E-state index contributed by atoms with van der Waals surface area (Å²) in [5.41, 5.74) is 21.5. The summed E-state index contributed by atoms with van der Waals surface area (Å²) in [5.74, 6) is 1.43. The monoisotopic (exact) mass is 1360 g/mol. The second-order valence-electron chi connectivity index (χ2n) is 26.5. The Morgan fingerprint density at radius 2 is 1.04 bits per heavy atom. The first-order valence-electron chi connectivity index (χ1n) is 32.8. The number of ether oxygens (including phenoxy) is 1. The number of pyridine rings is 1. The SMILES string of the molecule is [2H]C([2H])([2H])c1cc(-n2c3[c-]c(Oc4[c-]c(N5[CH-]N(c6c(-c7ccccc7)cc(C(C)(C)C)cc6-c6cc(-c7ccccc7)cc(-c7ccccc7)c6)c6ccccc65)ccc4)ccc3c3c(-c4ccccc4)cccc32)ncc1-c1cccc2c1C(C)(C)CCC2(C)C.[Pt]. The number of fused-ring (bicyclic) bond motifs is 5. The van der Waals surface area contributed by atoms with Gasteiger partial charge in [0.2, 0.25) is 0 Å². The molecule has 6 heteroatoms. The molecule has 11 aromatic carbocycles. The summed E-state index contributed by atoms with van der Waals surface area (Å²) in [5, 5.41) is 1.92. The Morgan fingerprint density at radius 1 is 0.495 bits per heavy atom. The molecular weight excluding hydrogens is 1290 g/mol. The molecule has 2 aliphatic rings. The Labute approximate surface area is 554 Å². The molecule has 3 heterocycles. The molecule has 0 saturated heterocycles. The molecule has 0 saturated carbocycles. The maximum atomic E-state index is 9.15. The fourth-order valence-electron chi connectivity index (χ4n) is 13.9. The molecule has 5 nitrogen and oxygen atoms in total. The molecule has 1 aliphatic heterocycles. The molecule has 0 N–H and O–H groups in total.